The minimum atomic E-state index is -0.0403. The fourth-order valence-electron chi connectivity index (χ4n) is 2.69. The maximum absolute atomic E-state index is 12.4. The first-order valence-corrected chi connectivity index (χ1v) is 7.45. The lowest BCUT2D eigenvalue weighted by molar-refractivity contribution is 0.178. The average Bonchev–Trinajstić information content (AvgIpc) is 2.87. The van der Waals surface area contributed by atoms with E-state index in [0.717, 1.165) is 23.6 Å². The Kier molecular flexibility index (Phi) is 4.04. The van der Waals surface area contributed by atoms with Crippen molar-refractivity contribution in [2.75, 3.05) is 6.54 Å². The molecule has 2 aromatic heterocycles. The van der Waals surface area contributed by atoms with Gasteiger partial charge in [0, 0.05) is 37.6 Å². The van der Waals surface area contributed by atoms with E-state index >= 15 is 0 Å². The summed E-state index contributed by atoms with van der Waals surface area (Å²) in [5, 5.41) is 7.43. The largest absolute Gasteiger partial charge is 0.335 e. The Labute approximate surface area is 129 Å². The lowest BCUT2D eigenvalue weighted by atomic mass is 10.2. The van der Waals surface area contributed by atoms with E-state index < -0.39 is 0 Å². The number of aromatic nitrogens is 4. The molecule has 1 atom stereocenters. The molecule has 3 heterocycles. The van der Waals surface area contributed by atoms with Gasteiger partial charge in [-0.1, -0.05) is 0 Å². The molecule has 0 saturated heterocycles. The second-order valence-corrected chi connectivity index (χ2v) is 5.67. The molecule has 116 valence electrons. The number of urea groups is 1. The molecule has 1 N–H and O–H groups in total. The van der Waals surface area contributed by atoms with Crippen LogP contribution in [0.5, 0.6) is 0 Å². The first-order chi connectivity index (χ1) is 10.6. The van der Waals surface area contributed by atoms with Gasteiger partial charge in [-0.15, -0.1) is 0 Å². The van der Waals surface area contributed by atoms with Crippen molar-refractivity contribution in [3.63, 3.8) is 0 Å². The Morgan fingerprint density at radius 2 is 2.27 bits per heavy atom. The summed E-state index contributed by atoms with van der Waals surface area (Å²) < 4.78 is 1.97. The quantitative estimate of drug-likeness (QED) is 0.922. The van der Waals surface area contributed by atoms with E-state index in [1.807, 2.05) is 29.5 Å². The molecule has 0 spiro atoms. The lowest BCUT2D eigenvalue weighted by Crippen LogP contribution is -2.47. The first kappa shape index (κ1) is 14.5. The molecule has 1 aliphatic rings. The summed E-state index contributed by atoms with van der Waals surface area (Å²) in [6.07, 6.45) is 5.71. The summed E-state index contributed by atoms with van der Waals surface area (Å²) in [4.78, 5) is 22.5. The average molecular weight is 300 g/mol. The third-order valence-corrected chi connectivity index (χ3v) is 3.71. The Hall–Kier alpha value is -2.44. The minimum absolute atomic E-state index is 0.0118. The summed E-state index contributed by atoms with van der Waals surface area (Å²) in [6, 6.07) is 2.00. The molecule has 7 nitrogen and oxygen atoms in total. The third kappa shape index (κ3) is 3.24. The predicted molar refractivity (Wildman–Crippen MR) is 81.1 cm³/mol. The number of hydrogen-bond donors (Lipinski definition) is 1. The lowest BCUT2D eigenvalue weighted by Gasteiger charge is -2.29. The van der Waals surface area contributed by atoms with Crippen molar-refractivity contribution >= 4 is 6.03 Å². The molecule has 1 aliphatic heterocycles. The molecular weight excluding hydrogens is 280 g/mol. The number of fused-ring (bicyclic) bond motifs is 1. The number of nitrogens with zero attached hydrogens (tertiary/aromatic N) is 5. The van der Waals surface area contributed by atoms with E-state index in [-0.39, 0.29) is 12.1 Å². The van der Waals surface area contributed by atoms with Crippen molar-refractivity contribution < 1.29 is 4.79 Å². The number of amides is 2. The van der Waals surface area contributed by atoms with Crippen LogP contribution in [-0.2, 0) is 19.5 Å². The molecular formula is C15H20N6O. The van der Waals surface area contributed by atoms with Crippen molar-refractivity contribution in [1.82, 2.24) is 30.0 Å². The van der Waals surface area contributed by atoms with Crippen molar-refractivity contribution in [2.45, 2.75) is 39.4 Å². The summed E-state index contributed by atoms with van der Waals surface area (Å²) in [5.74, 6) is 0. The predicted octanol–water partition coefficient (Wildman–Crippen LogP) is 1.14. The van der Waals surface area contributed by atoms with Gasteiger partial charge in [-0.05, 0) is 19.9 Å². The van der Waals surface area contributed by atoms with Gasteiger partial charge in [0.2, 0.25) is 0 Å². The highest BCUT2D eigenvalue weighted by Crippen LogP contribution is 2.13. The Morgan fingerprint density at radius 3 is 3.05 bits per heavy atom. The summed E-state index contributed by atoms with van der Waals surface area (Å²) in [6.45, 7) is 5.97. The molecule has 0 unspecified atom stereocenters. The zero-order valence-corrected chi connectivity index (χ0v) is 12.9. The van der Waals surface area contributed by atoms with Crippen molar-refractivity contribution in [1.29, 1.82) is 0 Å². The second kappa shape index (κ2) is 6.13. The Bertz CT molecular complexity index is 653. The second-order valence-electron chi connectivity index (χ2n) is 5.67. The fraction of sp³-hybridized carbons (Fsp3) is 0.467. The van der Waals surface area contributed by atoms with Crippen LogP contribution in [0.4, 0.5) is 4.79 Å². The van der Waals surface area contributed by atoms with Gasteiger partial charge in [0.1, 0.15) is 0 Å². The molecule has 0 bridgehead atoms. The van der Waals surface area contributed by atoms with Crippen LogP contribution in [0.1, 0.15) is 24.0 Å². The molecule has 3 rings (SSSR count). The third-order valence-electron chi connectivity index (χ3n) is 3.71. The zero-order chi connectivity index (χ0) is 15.5. The van der Waals surface area contributed by atoms with Gasteiger partial charge < -0.3 is 10.2 Å². The minimum Gasteiger partial charge on any atom is -0.335 e. The van der Waals surface area contributed by atoms with Crippen LogP contribution in [-0.4, -0.2) is 43.3 Å². The number of carbonyl (C=O) groups excluding carboxylic acids is 1. The van der Waals surface area contributed by atoms with E-state index in [9.17, 15) is 4.79 Å². The Balaban J connectivity index is 1.56. The molecule has 0 aromatic carbocycles. The van der Waals surface area contributed by atoms with Crippen LogP contribution in [0.25, 0.3) is 0 Å². The topological polar surface area (TPSA) is 75.9 Å². The molecule has 2 aromatic rings. The van der Waals surface area contributed by atoms with E-state index in [1.165, 1.54) is 0 Å². The van der Waals surface area contributed by atoms with Crippen LogP contribution < -0.4 is 5.32 Å². The van der Waals surface area contributed by atoms with Crippen LogP contribution in [0.2, 0.25) is 0 Å². The highest BCUT2D eigenvalue weighted by molar-refractivity contribution is 5.74. The number of carbonyl (C=O) groups is 1. The molecule has 0 radical (unpaired) electrons. The standard InChI is InChI=1S/C15H20N6O/c1-11(7-13-9-16-3-4-17-13)18-15(22)20-5-6-21-14(10-20)8-12(2)19-21/h3-4,8-9,11H,5-7,10H2,1-2H3,(H,18,22)/t11-/m1/s1. The van der Waals surface area contributed by atoms with Gasteiger partial charge in [-0.25, -0.2) is 4.79 Å². The van der Waals surface area contributed by atoms with E-state index in [2.05, 4.69) is 20.4 Å². The van der Waals surface area contributed by atoms with Crippen LogP contribution in [0.3, 0.4) is 0 Å². The van der Waals surface area contributed by atoms with Crippen LogP contribution in [0.15, 0.2) is 24.7 Å². The van der Waals surface area contributed by atoms with E-state index in [4.69, 9.17) is 0 Å². The zero-order valence-electron chi connectivity index (χ0n) is 12.9. The molecule has 22 heavy (non-hydrogen) atoms. The monoisotopic (exact) mass is 300 g/mol. The van der Waals surface area contributed by atoms with Crippen molar-refractivity contribution in [3.8, 4) is 0 Å². The molecule has 0 saturated carbocycles. The number of aryl methyl sites for hydroxylation is 1. The van der Waals surface area contributed by atoms with Crippen LogP contribution in [0, 0.1) is 6.92 Å². The van der Waals surface area contributed by atoms with Gasteiger partial charge in [0.25, 0.3) is 0 Å². The summed E-state index contributed by atoms with van der Waals surface area (Å²) in [7, 11) is 0. The first-order valence-electron chi connectivity index (χ1n) is 7.45. The van der Waals surface area contributed by atoms with Crippen molar-refractivity contribution in [3.05, 3.63) is 41.7 Å². The summed E-state index contributed by atoms with van der Waals surface area (Å²) >= 11 is 0. The number of nitrogens with one attached hydrogen (secondary N) is 1. The SMILES string of the molecule is Cc1cc2n(n1)CCN(C(=O)N[C@H](C)Cc1cnccn1)C2. The maximum atomic E-state index is 12.4. The van der Waals surface area contributed by atoms with E-state index in [0.29, 0.717) is 19.5 Å². The maximum Gasteiger partial charge on any atom is 0.318 e. The smallest absolute Gasteiger partial charge is 0.318 e. The van der Waals surface area contributed by atoms with Gasteiger partial charge in [0.15, 0.2) is 0 Å². The van der Waals surface area contributed by atoms with Gasteiger partial charge in [-0.2, -0.15) is 5.10 Å². The molecule has 0 aliphatic carbocycles. The molecule has 0 fully saturated rings. The van der Waals surface area contributed by atoms with E-state index in [1.54, 1.807) is 18.6 Å². The fourth-order valence-corrected chi connectivity index (χ4v) is 2.69. The van der Waals surface area contributed by atoms with Gasteiger partial charge >= 0.3 is 6.03 Å². The Morgan fingerprint density at radius 1 is 1.41 bits per heavy atom. The number of hydrogen-bond acceptors (Lipinski definition) is 4. The molecule has 7 heteroatoms. The normalized spacial score (nSPS) is 15.3. The van der Waals surface area contributed by atoms with Crippen molar-refractivity contribution in [2.24, 2.45) is 0 Å². The molecule has 2 amide bonds. The van der Waals surface area contributed by atoms with Crippen LogP contribution >= 0.6 is 0 Å². The van der Waals surface area contributed by atoms with Gasteiger partial charge in [0.05, 0.1) is 30.2 Å². The summed E-state index contributed by atoms with van der Waals surface area (Å²) in [5.41, 5.74) is 2.96. The number of rotatable bonds is 3. The highest BCUT2D eigenvalue weighted by atomic mass is 16.2. The highest BCUT2D eigenvalue weighted by Gasteiger charge is 2.22. The van der Waals surface area contributed by atoms with Gasteiger partial charge in [-0.3, -0.25) is 14.6 Å².